The van der Waals surface area contributed by atoms with Gasteiger partial charge in [0.15, 0.2) is 4.80 Å². The summed E-state index contributed by atoms with van der Waals surface area (Å²) in [6.45, 7) is 3.81. The van der Waals surface area contributed by atoms with Crippen LogP contribution in [-0.2, 0) is 9.53 Å². The van der Waals surface area contributed by atoms with E-state index in [0.29, 0.717) is 20.6 Å². The van der Waals surface area contributed by atoms with E-state index in [9.17, 15) is 9.59 Å². The molecule has 1 unspecified atom stereocenters. The first-order valence-corrected chi connectivity index (χ1v) is 11.4. The molecule has 1 aliphatic rings. The van der Waals surface area contributed by atoms with E-state index < -0.39 is 12.0 Å². The Morgan fingerprint density at radius 3 is 2.66 bits per heavy atom. The number of nitrogens with zero attached hydrogens (tertiary/aromatic N) is 2. The normalized spacial score (nSPS) is 16.5. The Hall–Kier alpha value is -2.29. The Morgan fingerprint density at radius 1 is 1.24 bits per heavy atom. The quantitative estimate of drug-likeness (QED) is 0.526. The van der Waals surface area contributed by atoms with Crippen molar-refractivity contribution in [2.24, 2.45) is 4.99 Å². The minimum Gasteiger partial charge on any atom is -0.463 e. The summed E-state index contributed by atoms with van der Waals surface area (Å²) in [4.78, 5) is 32.2. The van der Waals surface area contributed by atoms with Crippen molar-refractivity contribution in [2.45, 2.75) is 19.9 Å². The summed E-state index contributed by atoms with van der Waals surface area (Å²) in [5.74, 6) is -0.445. The van der Waals surface area contributed by atoms with E-state index in [2.05, 4.69) is 20.9 Å². The van der Waals surface area contributed by atoms with E-state index in [1.54, 1.807) is 29.8 Å². The number of esters is 1. The van der Waals surface area contributed by atoms with Gasteiger partial charge in [0.05, 0.1) is 32.2 Å². The molecule has 0 saturated heterocycles. The molecule has 3 heterocycles. The molecule has 0 fully saturated rings. The van der Waals surface area contributed by atoms with Crippen molar-refractivity contribution < 1.29 is 9.53 Å². The van der Waals surface area contributed by atoms with E-state index in [1.807, 2.05) is 48.5 Å². The first-order chi connectivity index (χ1) is 14.0. The van der Waals surface area contributed by atoms with Gasteiger partial charge in [-0.1, -0.05) is 41.7 Å². The molecule has 5 nitrogen and oxygen atoms in total. The van der Waals surface area contributed by atoms with Crippen LogP contribution < -0.4 is 14.9 Å². The number of ether oxygens (including phenoxy) is 1. The average Bonchev–Trinajstić information content (AvgIpc) is 3.24. The van der Waals surface area contributed by atoms with Crippen molar-refractivity contribution in [2.75, 3.05) is 6.61 Å². The molecule has 0 bridgehead atoms. The van der Waals surface area contributed by atoms with Crippen molar-refractivity contribution in [3.8, 4) is 0 Å². The smallest absolute Gasteiger partial charge is 0.338 e. The molecule has 1 atom stereocenters. The van der Waals surface area contributed by atoms with Crippen molar-refractivity contribution in [3.63, 3.8) is 0 Å². The zero-order valence-electron chi connectivity index (χ0n) is 15.7. The second kappa shape index (κ2) is 8.22. The van der Waals surface area contributed by atoms with Crippen molar-refractivity contribution >= 4 is 50.6 Å². The van der Waals surface area contributed by atoms with Crippen molar-refractivity contribution in [3.05, 3.63) is 87.6 Å². The predicted octanol–water partition coefficient (Wildman–Crippen LogP) is 3.62. The summed E-state index contributed by atoms with van der Waals surface area (Å²) in [6, 6.07) is 12.9. The number of benzene rings is 1. The number of hydrogen-bond donors (Lipinski definition) is 0. The van der Waals surface area contributed by atoms with Crippen LogP contribution in [0.1, 0.15) is 30.3 Å². The van der Waals surface area contributed by atoms with Crippen LogP contribution in [0, 0.1) is 0 Å². The fraction of sp³-hybridized carbons (Fsp3) is 0.190. The molecule has 0 N–H and O–H groups in total. The number of carbonyl (C=O) groups is 1. The largest absolute Gasteiger partial charge is 0.463 e. The SMILES string of the molecule is CCOC(=O)C1=C(C)N=c2sc(=Cc3ccc(Br)s3)c(=O)n2C1c1ccccc1. The van der Waals surface area contributed by atoms with Crippen LogP contribution in [0.25, 0.3) is 6.08 Å². The fourth-order valence-electron chi connectivity index (χ4n) is 3.28. The van der Waals surface area contributed by atoms with Gasteiger partial charge in [-0.15, -0.1) is 11.3 Å². The molecule has 3 aromatic rings. The van der Waals surface area contributed by atoms with Crippen LogP contribution in [0.3, 0.4) is 0 Å². The Morgan fingerprint density at radius 2 is 2.00 bits per heavy atom. The molecular formula is C21H17BrN2O3S2. The third kappa shape index (κ3) is 3.80. The molecule has 148 valence electrons. The molecule has 0 spiro atoms. The zero-order valence-corrected chi connectivity index (χ0v) is 18.9. The molecule has 1 aliphatic heterocycles. The van der Waals surface area contributed by atoms with Gasteiger partial charge >= 0.3 is 5.97 Å². The van der Waals surface area contributed by atoms with Crippen LogP contribution in [-0.4, -0.2) is 17.1 Å². The monoisotopic (exact) mass is 488 g/mol. The standard InChI is InChI=1S/C21H17BrN2O3S2/c1-3-27-20(26)17-12(2)23-21-24(18(17)13-7-5-4-6-8-13)19(25)15(29-21)11-14-9-10-16(22)28-14/h4-11,18H,3H2,1-2H3. The van der Waals surface area contributed by atoms with Gasteiger partial charge in [-0.25, -0.2) is 9.79 Å². The highest BCUT2D eigenvalue weighted by molar-refractivity contribution is 9.11. The minimum atomic E-state index is -0.566. The lowest BCUT2D eigenvalue weighted by molar-refractivity contribution is -0.139. The van der Waals surface area contributed by atoms with E-state index in [1.165, 1.54) is 11.3 Å². The maximum atomic E-state index is 13.3. The summed E-state index contributed by atoms with van der Waals surface area (Å²) in [5, 5.41) is 0. The van der Waals surface area contributed by atoms with Crippen molar-refractivity contribution in [1.29, 1.82) is 0 Å². The van der Waals surface area contributed by atoms with Crippen LogP contribution in [0.5, 0.6) is 0 Å². The van der Waals surface area contributed by atoms with Crippen LogP contribution in [0.15, 0.2) is 67.3 Å². The lowest BCUT2D eigenvalue weighted by Crippen LogP contribution is -2.39. The van der Waals surface area contributed by atoms with Gasteiger partial charge < -0.3 is 4.74 Å². The molecule has 29 heavy (non-hydrogen) atoms. The molecule has 0 radical (unpaired) electrons. The van der Waals surface area contributed by atoms with E-state index >= 15 is 0 Å². The number of carbonyl (C=O) groups excluding carboxylic acids is 1. The first kappa shape index (κ1) is 20.0. The lowest BCUT2D eigenvalue weighted by atomic mass is 9.96. The molecule has 0 amide bonds. The molecule has 0 aliphatic carbocycles. The number of fused-ring (bicyclic) bond motifs is 1. The Labute approximate surface area is 183 Å². The van der Waals surface area contributed by atoms with Gasteiger partial charge in [-0.05, 0) is 53.5 Å². The lowest BCUT2D eigenvalue weighted by Gasteiger charge is -2.24. The number of rotatable bonds is 4. The Kier molecular flexibility index (Phi) is 5.67. The van der Waals surface area contributed by atoms with Gasteiger partial charge in [-0.3, -0.25) is 9.36 Å². The highest BCUT2D eigenvalue weighted by Gasteiger charge is 2.33. The highest BCUT2D eigenvalue weighted by atomic mass is 79.9. The number of thiazole rings is 1. The predicted molar refractivity (Wildman–Crippen MR) is 119 cm³/mol. The number of aromatic nitrogens is 1. The fourth-order valence-corrected chi connectivity index (χ4v) is 5.76. The van der Waals surface area contributed by atoms with E-state index in [-0.39, 0.29) is 12.2 Å². The summed E-state index contributed by atoms with van der Waals surface area (Å²) in [6.07, 6.45) is 1.87. The molecule has 2 aromatic heterocycles. The molecule has 0 saturated carbocycles. The first-order valence-electron chi connectivity index (χ1n) is 8.99. The Balaban J connectivity index is 1.96. The summed E-state index contributed by atoms with van der Waals surface area (Å²) in [7, 11) is 0. The third-order valence-electron chi connectivity index (χ3n) is 4.50. The Bertz CT molecular complexity index is 1290. The second-order valence-corrected chi connectivity index (χ2v) is 9.86. The second-order valence-electron chi connectivity index (χ2n) is 6.35. The van der Waals surface area contributed by atoms with E-state index in [0.717, 1.165) is 14.2 Å². The average molecular weight is 489 g/mol. The maximum absolute atomic E-state index is 13.3. The minimum absolute atomic E-state index is 0.165. The van der Waals surface area contributed by atoms with Gasteiger partial charge in [0.2, 0.25) is 0 Å². The number of halogens is 1. The zero-order chi connectivity index (χ0) is 20.5. The molecular weight excluding hydrogens is 472 g/mol. The summed E-state index contributed by atoms with van der Waals surface area (Å²) < 4.78 is 8.47. The molecule has 4 rings (SSSR count). The number of hydrogen-bond acceptors (Lipinski definition) is 6. The van der Waals surface area contributed by atoms with Gasteiger partial charge in [0.25, 0.3) is 5.56 Å². The van der Waals surface area contributed by atoms with Gasteiger partial charge in [0.1, 0.15) is 0 Å². The van der Waals surface area contributed by atoms with Crippen LogP contribution >= 0.6 is 38.6 Å². The maximum Gasteiger partial charge on any atom is 0.338 e. The van der Waals surface area contributed by atoms with Gasteiger partial charge in [-0.2, -0.15) is 0 Å². The molecule has 8 heteroatoms. The van der Waals surface area contributed by atoms with E-state index in [4.69, 9.17) is 4.74 Å². The van der Waals surface area contributed by atoms with Crippen LogP contribution in [0.4, 0.5) is 0 Å². The molecule has 1 aromatic carbocycles. The number of allylic oxidation sites excluding steroid dienone is 1. The summed E-state index contributed by atoms with van der Waals surface area (Å²) >= 11 is 6.33. The van der Waals surface area contributed by atoms with Crippen LogP contribution in [0.2, 0.25) is 0 Å². The third-order valence-corrected chi connectivity index (χ3v) is 7.05. The topological polar surface area (TPSA) is 60.7 Å². The van der Waals surface area contributed by atoms with Crippen molar-refractivity contribution in [1.82, 2.24) is 4.57 Å². The highest BCUT2D eigenvalue weighted by Crippen LogP contribution is 2.30. The summed E-state index contributed by atoms with van der Waals surface area (Å²) in [5.41, 5.74) is 1.65. The number of thiophene rings is 1. The van der Waals surface area contributed by atoms with Gasteiger partial charge in [0, 0.05) is 4.88 Å².